The minimum absolute atomic E-state index is 0.0257. The third-order valence-corrected chi connectivity index (χ3v) is 4.47. The summed E-state index contributed by atoms with van der Waals surface area (Å²) in [7, 11) is 1.63. The molecule has 2 aromatic rings. The molecule has 0 aliphatic carbocycles. The van der Waals surface area contributed by atoms with E-state index in [1.165, 1.54) is 0 Å². The number of carboxylic acids is 1. The molecule has 0 radical (unpaired) electrons. The number of halogens is 2. The molecular weight excluding hydrogens is 363 g/mol. The first kappa shape index (κ1) is 19.4. The van der Waals surface area contributed by atoms with Crippen LogP contribution < -0.4 is 9.47 Å². The summed E-state index contributed by atoms with van der Waals surface area (Å²) in [6.07, 6.45) is 0. The molecular formula is C19H20Cl2O4. The van der Waals surface area contributed by atoms with Crippen LogP contribution in [0.25, 0.3) is 0 Å². The Morgan fingerprint density at radius 1 is 1.16 bits per heavy atom. The van der Waals surface area contributed by atoms with E-state index < -0.39 is 11.9 Å². The molecule has 1 atom stereocenters. The molecule has 4 nitrogen and oxygen atoms in total. The second kappa shape index (κ2) is 8.45. The normalized spacial score (nSPS) is 12.1. The second-order valence-corrected chi connectivity index (χ2v) is 6.61. The van der Waals surface area contributed by atoms with Crippen LogP contribution in [0, 0.1) is 0 Å². The summed E-state index contributed by atoms with van der Waals surface area (Å²) >= 11 is 12.0. The number of methoxy groups -OCH3 is 1. The molecule has 0 heterocycles. The molecule has 134 valence electrons. The largest absolute Gasteiger partial charge is 0.496 e. The molecule has 0 saturated heterocycles. The van der Waals surface area contributed by atoms with Gasteiger partial charge in [0.1, 0.15) is 17.2 Å². The van der Waals surface area contributed by atoms with Crippen molar-refractivity contribution in [2.45, 2.75) is 25.7 Å². The molecule has 0 saturated carbocycles. The lowest BCUT2D eigenvalue weighted by atomic mass is 10.0. The number of carbonyl (C=O) groups is 1. The quantitative estimate of drug-likeness (QED) is 0.626. The number of carboxylic acid groups (broad SMARTS) is 1. The minimum atomic E-state index is -0.989. The van der Waals surface area contributed by atoms with E-state index in [1.807, 2.05) is 12.1 Å². The Balaban J connectivity index is 2.29. The van der Waals surface area contributed by atoms with Crippen LogP contribution in [0.1, 0.15) is 36.8 Å². The Kier molecular flexibility index (Phi) is 6.57. The van der Waals surface area contributed by atoms with Crippen LogP contribution in [0.2, 0.25) is 5.02 Å². The number of benzene rings is 2. The van der Waals surface area contributed by atoms with Gasteiger partial charge in [0.25, 0.3) is 0 Å². The first-order valence-electron chi connectivity index (χ1n) is 7.81. The average Bonchev–Trinajstić information content (AvgIpc) is 2.57. The van der Waals surface area contributed by atoms with Gasteiger partial charge >= 0.3 is 5.97 Å². The maximum Gasteiger partial charge on any atom is 0.312 e. The van der Waals surface area contributed by atoms with Gasteiger partial charge in [0, 0.05) is 11.4 Å². The predicted molar refractivity (Wildman–Crippen MR) is 99.7 cm³/mol. The molecule has 2 aromatic carbocycles. The van der Waals surface area contributed by atoms with Crippen molar-refractivity contribution >= 4 is 29.2 Å². The lowest BCUT2D eigenvalue weighted by molar-refractivity contribution is -0.138. The third kappa shape index (κ3) is 4.59. The fourth-order valence-electron chi connectivity index (χ4n) is 2.47. The van der Waals surface area contributed by atoms with Gasteiger partial charge in [-0.3, -0.25) is 4.79 Å². The summed E-state index contributed by atoms with van der Waals surface area (Å²) in [5.41, 5.74) is 1.57. The van der Waals surface area contributed by atoms with Crippen LogP contribution in [-0.2, 0) is 4.79 Å². The van der Waals surface area contributed by atoms with Crippen molar-refractivity contribution in [3.8, 4) is 17.2 Å². The van der Waals surface area contributed by atoms with E-state index in [0.29, 0.717) is 22.1 Å². The molecule has 0 aromatic heterocycles. The average molecular weight is 383 g/mol. The second-order valence-electron chi connectivity index (χ2n) is 5.90. The van der Waals surface area contributed by atoms with Crippen molar-refractivity contribution in [2.75, 3.05) is 13.0 Å². The SMILES string of the molecule is COc1ccc(Oc2ccc(C(CCl)C(=O)O)cc2Cl)cc1C(C)C. The maximum absolute atomic E-state index is 11.2. The fourth-order valence-corrected chi connectivity index (χ4v) is 3.01. The molecule has 0 aliphatic rings. The molecule has 1 N–H and O–H groups in total. The zero-order chi connectivity index (χ0) is 18.6. The third-order valence-electron chi connectivity index (χ3n) is 3.86. The summed E-state index contributed by atoms with van der Waals surface area (Å²) in [6.45, 7) is 4.14. The first-order chi connectivity index (χ1) is 11.9. The fraction of sp³-hybridized carbons (Fsp3) is 0.316. The Morgan fingerprint density at radius 3 is 2.36 bits per heavy atom. The number of rotatable bonds is 7. The zero-order valence-corrected chi connectivity index (χ0v) is 15.8. The Labute approximate surface area is 157 Å². The van der Waals surface area contributed by atoms with E-state index >= 15 is 0 Å². The highest BCUT2D eigenvalue weighted by Gasteiger charge is 2.20. The van der Waals surface area contributed by atoms with Crippen molar-refractivity contribution in [3.05, 3.63) is 52.5 Å². The highest BCUT2D eigenvalue weighted by molar-refractivity contribution is 6.32. The van der Waals surface area contributed by atoms with Gasteiger partial charge in [-0.05, 0) is 41.8 Å². The summed E-state index contributed by atoms with van der Waals surface area (Å²) in [6, 6.07) is 10.4. The molecule has 0 fully saturated rings. The number of hydrogen-bond donors (Lipinski definition) is 1. The van der Waals surface area contributed by atoms with E-state index in [1.54, 1.807) is 31.4 Å². The Hall–Kier alpha value is -1.91. The van der Waals surface area contributed by atoms with Gasteiger partial charge in [0.2, 0.25) is 0 Å². The molecule has 1 unspecified atom stereocenters. The monoisotopic (exact) mass is 382 g/mol. The van der Waals surface area contributed by atoms with E-state index in [-0.39, 0.29) is 11.8 Å². The Morgan fingerprint density at radius 2 is 1.84 bits per heavy atom. The molecule has 2 rings (SSSR count). The summed E-state index contributed by atoms with van der Waals surface area (Å²) in [5.74, 6) is 0.335. The van der Waals surface area contributed by atoms with E-state index in [9.17, 15) is 9.90 Å². The van der Waals surface area contributed by atoms with Crippen molar-refractivity contribution in [3.63, 3.8) is 0 Å². The van der Waals surface area contributed by atoms with Crippen molar-refractivity contribution < 1.29 is 19.4 Å². The Bertz CT molecular complexity index is 759. The summed E-state index contributed by atoms with van der Waals surface area (Å²) in [4.78, 5) is 11.2. The molecule has 0 spiro atoms. The van der Waals surface area contributed by atoms with Crippen LogP contribution in [0.5, 0.6) is 17.2 Å². The van der Waals surface area contributed by atoms with E-state index in [0.717, 1.165) is 11.3 Å². The number of hydrogen-bond acceptors (Lipinski definition) is 3. The molecule has 0 amide bonds. The number of aliphatic carboxylic acids is 1. The minimum Gasteiger partial charge on any atom is -0.496 e. The topological polar surface area (TPSA) is 55.8 Å². The zero-order valence-electron chi connectivity index (χ0n) is 14.3. The van der Waals surface area contributed by atoms with Gasteiger partial charge < -0.3 is 14.6 Å². The van der Waals surface area contributed by atoms with Gasteiger partial charge in [0.15, 0.2) is 0 Å². The van der Waals surface area contributed by atoms with Crippen molar-refractivity contribution in [1.29, 1.82) is 0 Å². The van der Waals surface area contributed by atoms with Gasteiger partial charge in [-0.2, -0.15) is 0 Å². The molecule has 0 aliphatic heterocycles. The predicted octanol–water partition coefficient (Wildman–Crippen LogP) is 5.67. The van der Waals surface area contributed by atoms with Gasteiger partial charge in [0.05, 0.1) is 18.1 Å². The number of alkyl halides is 1. The smallest absolute Gasteiger partial charge is 0.312 e. The van der Waals surface area contributed by atoms with Gasteiger partial charge in [-0.1, -0.05) is 31.5 Å². The van der Waals surface area contributed by atoms with E-state index in [2.05, 4.69) is 13.8 Å². The van der Waals surface area contributed by atoms with Gasteiger partial charge in [-0.15, -0.1) is 11.6 Å². The first-order valence-corrected chi connectivity index (χ1v) is 8.72. The summed E-state index contributed by atoms with van der Waals surface area (Å²) < 4.78 is 11.2. The lowest BCUT2D eigenvalue weighted by Gasteiger charge is -2.15. The number of ether oxygens (including phenoxy) is 2. The highest BCUT2D eigenvalue weighted by atomic mass is 35.5. The highest BCUT2D eigenvalue weighted by Crippen LogP contribution is 2.36. The van der Waals surface area contributed by atoms with Crippen LogP contribution in [0.15, 0.2) is 36.4 Å². The van der Waals surface area contributed by atoms with Crippen LogP contribution in [0.4, 0.5) is 0 Å². The van der Waals surface area contributed by atoms with Crippen molar-refractivity contribution in [2.24, 2.45) is 0 Å². The van der Waals surface area contributed by atoms with E-state index in [4.69, 9.17) is 32.7 Å². The molecule has 6 heteroatoms. The van der Waals surface area contributed by atoms with Gasteiger partial charge in [-0.25, -0.2) is 0 Å². The van der Waals surface area contributed by atoms with Crippen molar-refractivity contribution in [1.82, 2.24) is 0 Å². The standard InChI is InChI=1S/C19H20Cl2O4/c1-11(2)14-9-13(5-7-17(14)24-3)25-18-6-4-12(8-16(18)21)15(10-20)19(22)23/h4-9,11,15H,10H2,1-3H3,(H,22,23). The molecule has 25 heavy (non-hydrogen) atoms. The van der Waals surface area contributed by atoms with Crippen LogP contribution in [0.3, 0.4) is 0 Å². The van der Waals surface area contributed by atoms with Crippen LogP contribution in [-0.4, -0.2) is 24.1 Å². The lowest BCUT2D eigenvalue weighted by Crippen LogP contribution is -2.13. The van der Waals surface area contributed by atoms with Crippen LogP contribution >= 0.6 is 23.2 Å². The maximum atomic E-state index is 11.2. The summed E-state index contributed by atoms with van der Waals surface area (Å²) in [5, 5.41) is 9.51. The molecule has 0 bridgehead atoms.